The molecule has 0 bridgehead atoms. The van der Waals surface area contributed by atoms with Crippen molar-refractivity contribution in [1.29, 1.82) is 0 Å². The number of ether oxygens (including phenoxy) is 4. The molecule has 47 heavy (non-hydrogen) atoms. The average Bonchev–Trinajstić information content (AvgIpc) is 3.67. The van der Waals surface area contributed by atoms with Crippen LogP contribution in [0.5, 0.6) is 23.0 Å². The number of methoxy groups -OCH3 is 4. The molecule has 1 unspecified atom stereocenters. The number of halogens is 1. The van der Waals surface area contributed by atoms with Crippen LogP contribution < -0.4 is 23.8 Å². The summed E-state index contributed by atoms with van der Waals surface area (Å²) >= 11 is 2.57. The molecule has 6 rings (SSSR count). The highest BCUT2D eigenvalue weighted by atomic mass is 32.2. The molecule has 1 saturated heterocycles. The zero-order chi connectivity index (χ0) is 33.2. The predicted molar refractivity (Wildman–Crippen MR) is 177 cm³/mol. The van der Waals surface area contributed by atoms with Gasteiger partial charge in [0.25, 0.3) is 5.78 Å². The van der Waals surface area contributed by atoms with Crippen LogP contribution in [0.2, 0.25) is 0 Å². The topological polar surface area (TPSA) is 120 Å². The van der Waals surface area contributed by atoms with Crippen molar-refractivity contribution in [3.63, 3.8) is 0 Å². The maximum Gasteiger partial charge on any atom is 0.301 e. The number of aliphatic hydroxyl groups is 1. The number of aliphatic hydroxyl groups excluding tert-OH is 1. The van der Waals surface area contributed by atoms with E-state index in [0.29, 0.717) is 15.7 Å². The van der Waals surface area contributed by atoms with E-state index in [-0.39, 0.29) is 39.3 Å². The number of carbonyl (C=O) groups excluding carboxylic acids is 2. The second-order valence-electron chi connectivity index (χ2n) is 10.3. The molecule has 240 valence electrons. The molecule has 1 aliphatic rings. The number of benzene rings is 4. The molecule has 13 heteroatoms. The van der Waals surface area contributed by atoms with Gasteiger partial charge in [0, 0.05) is 11.3 Å². The Labute approximate surface area is 277 Å². The van der Waals surface area contributed by atoms with Crippen molar-refractivity contribution in [2.45, 2.75) is 16.1 Å². The van der Waals surface area contributed by atoms with Gasteiger partial charge in [-0.25, -0.2) is 4.39 Å². The number of amides is 1. The van der Waals surface area contributed by atoms with Crippen molar-refractivity contribution in [3.8, 4) is 23.0 Å². The van der Waals surface area contributed by atoms with Gasteiger partial charge in [0.2, 0.25) is 10.9 Å². The lowest BCUT2D eigenvalue weighted by Gasteiger charge is -2.24. The summed E-state index contributed by atoms with van der Waals surface area (Å²) in [6, 6.07) is 19.8. The van der Waals surface area contributed by atoms with E-state index in [1.54, 1.807) is 12.1 Å². The first-order valence-electron chi connectivity index (χ1n) is 14.2. The zero-order valence-electron chi connectivity index (χ0n) is 25.6. The van der Waals surface area contributed by atoms with Crippen molar-refractivity contribution < 1.29 is 38.0 Å². The Hall–Kier alpha value is -5.14. The minimum atomic E-state index is -1.21. The number of Topliss-reactive ketones (excluding diaryl/α,β-unsaturated/α-hetero) is 1. The number of thioether (sulfide) groups is 1. The SMILES string of the molecule is COc1ccc(/C(O)=C2\C(=O)C(=O)N(c3nnc(SCc4cccc5ccccc45)s3)C2c2cc(OC)c(OC)c(OC)c2)cc1F. The van der Waals surface area contributed by atoms with Gasteiger partial charge in [0.15, 0.2) is 27.4 Å². The predicted octanol–water partition coefficient (Wildman–Crippen LogP) is 6.78. The van der Waals surface area contributed by atoms with Crippen LogP contribution in [0, 0.1) is 5.82 Å². The van der Waals surface area contributed by atoms with E-state index in [1.807, 2.05) is 36.4 Å². The molecule has 5 aromatic rings. The van der Waals surface area contributed by atoms with Crippen LogP contribution in [0.1, 0.15) is 22.7 Å². The van der Waals surface area contributed by atoms with Gasteiger partial charge in [-0.05, 0) is 52.2 Å². The summed E-state index contributed by atoms with van der Waals surface area (Å²) in [5.41, 5.74) is 1.14. The summed E-state index contributed by atoms with van der Waals surface area (Å²) in [5.74, 6) is -1.93. The maximum atomic E-state index is 14.7. The zero-order valence-corrected chi connectivity index (χ0v) is 27.3. The van der Waals surface area contributed by atoms with Gasteiger partial charge in [-0.15, -0.1) is 10.2 Å². The molecule has 1 atom stereocenters. The lowest BCUT2D eigenvalue weighted by atomic mass is 9.94. The maximum absolute atomic E-state index is 14.7. The number of nitrogens with zero attached hydrogens (tertiary/aromatic N) is 3. The summed E-state index contributed by atoms with van der Waals surface area (Å²) in [6.45, 7) is 0. The Bertz CT molecular complexity index is 2020. The molecule has 0 aliphatic carbocycles. The second kappa shape index (κ2) is 13.3. The van der Waals surface area contributed by atoms with E-state index < -0.39 is 29.3 Å². The normalized spacial score (nSPS) is 15.7. The lowest BCUT2D eigenvalue weighted by molar-refractivity contribution is -0.132. The van der Waals surface area contributed by atoms with Crippen molar-refractivity contribution in [2.24, 2.45) is 0 Å². The molecule has 1 aliphatic heterocycles. The monoisotopic (exact) mass is 673 g/mol. The summed E-state index contributed by atoms with van der Waals surface area (Å²) in [6.07, 6.45) is 0. The van der Waals surface area contributed by atoms with Gasteiger partial charge >= 0.3 is 5.91 Å². The van der Waals surface area contributed by atoms with Crippen molar-refractivity contribution >= 4 is 56.5 Å². The number of hydrogen-bond donors (Lipinski definition) is 1. The van der Waals surface area contributed by atoms with E-state index in [4.69, 9.17) is 18.9 Å². The second-order valence-corrected chi connectivity index (χ2v) is 12.4. The van der Waals surface area contributed by atoms with E-state index >= 15 is 0 Å². The molecular formula is C34H28FN3O7S2. The van der Waals surface area contributed by atoms with Gasteiger partial charge < -0.3 is 24.1 Å². The van der Waals surface area contributed by atoms with Gasteiger partial charge in [-0.2, -0.15) is 0 Å². The van der Waals surface area contributed by atoms with Gasteiger partial charge in [-0.3, -0.25) is 14.5 Å². The fraction of sp³-hybridized carbons (Fsp3) is 0.176. The fourth-order valence-electron chi connectivity index (χ4n) is 5.49. The highest BCUT2D eigenvalue weighted by Crippen LogP contribution is 2.48. The van der Waals surface area contributed by atoms with Crippen LogP contribution in [0.15, 0.2) is 82.7 Å². The first-order chi connectivity index (χ1) is 22.8. The van der Waals surface area contributed by atoms with Gasteiger partial charge in [-0.1, -0.05) is 65.6 Å². The molecule has 0 radical (unpaired) electrons. The summed E-state index contributed by atoms with van der Waals surface area (Å²) in [4.78, 5) is 28.6. The number of fused-ring (bicyclic) bond motifs is 1. The van der Waals surface area contributed by atoms with E-state index in [2.05, 4.69) is 16.3 Å². The van der Waals surface area contributed by atoms with Crippen molar-refractivity contribution in [3.05, 3.63) is 101 Å². The number of ketones is 1. The molecule has 10 nitrogen and oxygen atoms in total. The third kappa shape index (κ3) is 5.83. The minimum absolute atomic E-state index is 0.0256. The highest BCUT2D eigenvalue weighted by Gasteiger charge is 2.49. The fourth-order valence-corrected chi connectivity index (χ4v) is 7.36. The number of carbonyl (C=O) groups is 2. The summed E-state index contributed by atoms with van der Waals surface area (Å²) in [5, 5.41) is 22.5. The van der Waals surface area contributed by atoms with E-state index in [0.717, 1.165) is 33.7 Å². The molecule has 0 saturated carbocycles. The Morgan fingerprint density at radius 1 is 0.894 bits per heavy atom. The average molecular weight is 674 g/mol. The largest absolute Gasteiger partial charge is 0.507 e. The molecule has 1 amide bonds. The Kier molecular flexibility index (Phi) is 9.01. The summed E-state index contributed by atoms with van der Waals surface area (Å²) in [7, 11) is 5.62. The summed E-state index contributed by atoms with van der Waals surface area (Å²) < 4.78 is 36.8. The van der Waals surface area contributed by atoms with Crippen LogP contribution >= 0.6 is 23.1 Å². The van der Waals surface area contributed by atoms with Gasteiger partial charge in [0.1, 0.15) is 5.76 Å². The molecule has 1 fully saturated rings. The van der Waals surface area contributed by atoms with E-state index in [9.17, 15) is 19.1 Å². The third-order valence-electron chi connectivity index (χ3n) is 7.71. The molecule has 2 heterocycles. The Morgan fingerprint density at radius 3 is 2.28 bits per heavy atom. The number of hydrogen-bond acceptors (Lipinski definition) is 11. The van der Waals surface area contributed by atoms with Crippen LogP contribution in [-0.4, -0.2) is 55.4 Å². The third-order valence-corrected chi connectivity index (χ3v) is 9.81. The number of aromatic nitrogens is 2. The quantitative estimate of drug-likeness (QED) is 0.0558. The van der Waals surface area contributed by atoms with Crippen LogP contribution in [0.4, 0.5) is 9.52 Å². The standard InChI is InChI=1S/C34H28FN3O7S2/c1-42-24-13-12-19(14-23(24)35)29(39)27-28(21-15-25(43-2)31(45-4)26(16-21)44-3)38(32(41)30(27)40)33-36-37-34(47-33)46-17-20-10-7-9-18-8-5-6-11-22(18)20/h5-16,28,39H,17H2,1-4H3/b29-27+. The van der Waals surface area contributed by atoms with Crippen LogP contribution in [-0.2, 0) is 15.3 Å². The van der Waals surface area contributed by atoms with Crippen molar-refractivity contribution in [1.82, 2.24) is 10.2 Å². The van der Waals surface area contributed by atoms with E-state index in [1.165, 1.54) is 57.2 Å². The van der Waals surface area contributed by atoms with Crippen molar-refractivity contribution in [2.75, 3.05) is 33.3 Å². The molecule has 1 aromatic heterocycles. The van der Waals surface area contributed by atoms with Gasteiger partial charge in [0.05, 0.1) is 40.1 Å². The first kappa shape index (κ1) is 31.8. The smallest absolute Gasteiger partial charge is 0.301 e. The Balaban J connectivity index is 1.44. The first-order valence-corrected chi connectivity index (χ1v) is 16.0. The minimum Gasteiger partial charge on any atom is -0.507 e. The molecule has 0 spiro atoms. The lowest BCUT2D eigenvalue weighted by Crippen LogP contribution is -2.29. The number of rotatable bonds is 10. The molecular weight excluding hydrogens is 646 g/mol. The van der Waals surface area contributed by atoms with Crippen LogP contribution in [0.25, 0.3) is 16.5 Å². The molecule has 1 N–H and O–H groups in total. The Morgan fingerprint density at radius 2 is 1.60 bits per heavy atom. The number of anilines is 1. The van der Waals surface area contributed by atoms with Crippen LogP contribution in [0.3, 0.4) is 0 Å². The highest BCUT2D eigenvalue weighted by molar-refractivity contribution is 8.00. The molecule has 4 aromatic carbocycles.